The highest BCUT2D eigenvalue weighted by molar-refractivity contribution is 6.06. The Morgan fingerprint density at radius 3 is 2.52 bits per heavy atom. The van der Waals surface area contributed by atoms with Crippen LogP contribution < -0.4 is 5.32 Å². The summed E-state index contributed by atoms with van der Waals surface area (Å²) >= 11 is 0. The first-order chi connectivity index (χ1) is 11.5. The fourth-order valence-corrected chi connectivity index (χ4v) is 2.38. The van der Waals surface area contributed by atoms with E-state index in [1.54, 1.807) is 11.6 Å². The molecule has 0 aliphatic carbocycles. The summed E-state index contributed by atoms with van der Waals surface area (Å²) in [5.41, 5.74) is 0.897. The van der Waals surface area contributed by atoms with Gasteiger partial charge in [0.15, 0.2) is 5.65 Å². The first-order valence-corrected chi connectivity index (χ1v) is 7.45. The highest BCUT2D eigenvalue weighted by Gasteiger charge is 2.36. The normalized spacial score (nSPS) is 13.2. The maximum Gasteiger partial charge on any atom is 0.391 e. The molecule has 1 atom stereocenters. The van der Waals surface area contributed by atoms with Crippen LogP contribution in [0.15, 0.2) is 12.3 Å². The van der Waals surface area contributed by atoms with E-state index in [1.807, 2.05) is 19.2 Å². The molecule has 1 unspecified atom stereocenters. The lowest BCUT2D eigenvalue weighted by atomic mass is 10.1. The first kappa shape index (κ1) is 18.7. The Morgan fingerprint density at radius 2 is 2.00 bits per heavy atom. The lowest BCUT2D eigenvalue weighted by molar-refractivity contribution is -0.157. The van der Waals surface area contributed by atoms with Crippen LogP contribution in [0.4, 0.5) is 13.2 Å². The van der Waals surface area contributed by atoms with Gasteiger partial charge in [0, 0.05) is 11.7 Å². The molecule has 0 spiro atoms. The molecule has 0 saturated heterocycles. The summed E-state index contributed by atoms with van der Waals surface area (Å²) in [6.45, 7) is 5.35. The molecule has 2 rings (SSSR count). The lowest BCUT2D eigenvalue weighted by Gasteiger charge is -2.17. The van der Waals surface area contributed by atoms with E-state index in [-0.39, 0.29) is 11.6 Å². The van der Waals surface area contributed by atoms with Crippen molar-refractivity contribution in [3.8, 4) is 0 Å². The fourth-order valence-electron chi connectivity index (χ4n) is 2.38. The van der Waals surface area contributed by atoms with Crippen LogP contribution >= 0.6 is 0 Å². The molecular formula is C15H17F3N4O3. The number of pyridine rings is 1. The second-order valence-electron chi connectivity index (χ2n) is 5.91. The average Bonchev–Trinajstić information content (AvgIpc) is 2.87. The predicted molar refractivity (Wildman–Crippen MR) is 82.2 cm³/mol. The van der Waals surface area contributed by atoms with Crippen LogP contribution in [0, 0.1) is 6.92 Å². The highest BCUT2D eigenvalue weighted by Crippen LogP contribution is 2.24. The molecule has 10 heteroatoms. The van der Waals surface area contributed by atoms with Crippen molar-refractivity contribution in [3.05, 3.63) is 23.5 Å². The second-order valence-corrected chi connectivity index (χ2v) is 5.91. The van der Waals surface area contributed by atoms with E-state index >= 15 is 0 Å². The molecule has 0 bridgehead atoms. The molecule has 25 heavy (non-hydrogen) atoms. The molecule has 0 aliphatic heterocycles. The molecule has 0 radical (unpaired) electrons. The van der Waals surface area contributed by atoms with Crippen LogP contribution in [-0.2, 0) is 4.79 Å². The Kier molecular flexibility index (Phi) is 5.00. The van der Waals surface area contributed by atoms with Gasteiger partial charge in [-0.3, -0.25) is 4.79 Å². The number of hydrogen-bond acceptors (Lipinski definition) is 4. The van der Waals surface area contributed by atoms with Gasteiger partial charge in [-0.05, 0) is 26.8 Å². The van der Waals surface area contributed by atoms with E-state index in [0.29, 0.717) is 16.7 Å². The van der Waals surface area contributed by atoms with Crippen molar-refractivity contribution in [2.45, 2.75) is 45.5 Å². The molecule has 2 aromatic heterocycles. The van der Waals surface area contributed by atoms with Crippen molar-refractivity contribution in [1.82, 2.24) is 20.1 Å². The van der Waals surface area contributed by atoms with Crippen LogP contribution in [-0.4, -0.2) is 44.0 Å². The van der Waals surface area contributed by atoms with Crippen molar-refractivity contribution in [1.29, 1.82) is 0 Å². The predicted octanol–water partition coefficient (Wildman–Crippen LogP) is 2.46. The number of hydrogen-bond donors (Lipinski definition) is 2. The van der Waals surface area contributed by atoms with Crippen molar-refractivity contribution < 1.29 is 27.9 Å². The summed E-state index contributed by atoms with van der Waals surface area (Å²) in [5.74, 6) is -2.68. The van der Waals surface area contributed by atoms with Gasteiger partial charge in [0.2, 0.25) is 0 Å². The number of carboxylic acids is 1. The van der Waals surface area contributed by atoms with E-state index in [9.17, 15) is 22.8 Å². The van der Waals surface area contributed by atoms with Crippen LogP contribution in [0.1, 0.15) is 42.4 Å². The van der Waals surface area contributed by atoms with Crippen molar-refractivity contribution in [3.63, 3.8) is 0 Å². The zero-order chi connectivity index (χ0) is 18.9. The van der Waals surface area contributed by atoms with Gasteiger partial charge in [-0.15, -0.1) is 0 Å². The first-order valence-electron chi connectivity index (χ1n) is 7.45. The molecule has 0 aromatic carbocycles. The van der Waals surface area contributed by atoms with Crippen molar-refractivity contribution in [2.24, 2.45) is 0 Å². The Hall–Kier alpha value is -2.65. The van der Waals surface area contributed by atoms with Crippen LogP contribution in [0.25, 0.3) is 11.0 Å². The number of carbonyl (C=O) groups excluding carboxylic acids is 1. The SMILES string of the molecule is Cc1cc(C(=O)NC(CC(F)(F)F)C(=O)O)c2cnn(C(C)C)c2n1. The Bertz CT molecular complexity index is 814. The minimum atomic E-state index is -4.72. The third-order valence-electron chi connectivity index (χ3n) is 3.47. The van der Waals surface area contributed by atoms with Gasteiger partial charge >= 0.3 is 12.1 Å². The molecule has 2 N–H and O–H groups in total. The van der Waals surface area contributed by atoms with Crippen LogP contribution in [0.2, 0.25) is 0 Å². The number of carboxylic acid groups (broad SMARTS) is 1. The van der Waals surface area contributed by atoms with Crippen molar-refractivity contribution in [2.75, 3.05) is 0 Å². The largest absolute Gasteiger partial charge is 0.480 e. The van der Waals surface area contributed by atoms with Gasteiger partial charge in [0.1, 0.15) is 6.04 Å². The monoisotopic (exact) mass is 358 g/mol. The van der Waals surface area contributed by atoms with Gasteiger partial charge in [-0.2, -0.15) is 18.3 Å². The van der Waals surface area contributed by atoms with E-state index in [0.717, 1.165) is 0 Å². The minimum Gasteiger partial charge on any atom is -0.480 e. The average molecular weight is 358 g/mol. The number of nitrogens with one attached hydrogen (secondary N) is 1. The molecule has 0 fully saturated rings. The topological polar surface area (TPSA) is 97.1 Å². The quantitative estimate of drug-likeness (QED) is 0.856. The molecule has 2 heterocycles. The third-order valence-corrected chi connectivity index (χ3v) is 3.47. The number of amides is 1. The smallest absolute Gasteiger partial charge is 0.391 e. The number of halogens is 3. The van der Waals surface area contributed by atoms with E-state index in [4.69, 9.17) is 5.11 Å². The molecule has 1 amide bonds. The number of fused-ring (bicyclic) bond motifs is 1. The zero-order valence-electron chi connectivity index (χ0n) is 13.8. The number of aromatic nitrogens is 3. The number of carbonyl (C=O) groups is 2. The van der Waals surface area contributed by atoms with E-state index in [2.05, 4.69) is 10.1 Å². The maximum absolute atomic E-state index is 12.5. The fraction of sp³-hybridized carbons (Fsp3) is 0.467. The third kappa shape index (κ3) is 4.25. The van der Waals surface area contributed by atoms with Crippen LogP contribution in [0.3, 0.4) is 0 Å². The molecule has 0 aliphatic rings. The minimum absolute atomic E-state index is 0.0304. The molecule has 136 valence electrons. The lowest BCUT2D eigenvalue weighted by Crippen LogP contribution is -2.43. The van der Waals surface area contributed by atoms with Gasteiger partial charge in [0.05, 0.1) is 23.6 Å². The van der Waals surface area contributed by atoms with Gasteiger partial charge < -0.3 is 10.4 Å². The van der Waals surface area contributed by atoms with Gasteiger partial charge in [-0.1, -0.05) is 0 Å². The number of aryl methyl sites for hydroxylation is 1. The Labute approximate surface area is 140 Å². The van der Waals surface area contributed by atoms with Gasteiger partial charge in [0.25, 0.3) is 5.91 Å². The second kappa shape index (κ2) is 6.69. The number of nitrogens with zero attached hydrogens (tertiary/aromatic N) is 3. The van der Waals surface area contributed by atoms with Crippen molar-refractivity contribution >= 4 is 22.9 Å². The maximum atomic E-state index is 12.5. The summed E-state index contributed by atoms with van der Waals surface area (Å²) in [6, 6.07) is -0.730. The molecule has 0 saturated carbocycles. The number of aliphatic carboxylic acids is 1. The van der Waals surface area contributed by atoms with Crippen LogP contribution in [0.5, 0.6) is 0 Å². The summed E-state index contributed by atoms with van der Waals surface area (Å²) in [4.78, 5) is 27.7. The summed E-state index contributed by atoms with van der Waals surface area (Å²) < 4.78 is 39.0. The number of alkyl halides is 3. The molecule has 7 nitrogen and oxygen atoms in total. The highest BCUT2D eigenvalue weighted by atomic mass is 19.4. The number of rotatable bonds is 5. The van der Waals surface area contributed by atoms with E-state index < -0.39 is 30.5 Å². The summed E-state index contributed by atoms with van der Waals surface area (Å²) in [6.07, 6.45) is -4.99. The van der Waals surface area contributed by atoms with Gasteiger partial charge in [-0.25, -0.2) is 14.5 Å². The Morgan fingerprint density at radius 1 is 1.36 bits per heavy atom. The summed E-state index contributed by atoms with van der Waals surface area (Å²) in [7, 11) is 0. The Balaban J connectivity index is 2.40. The summed E-state index contributed by atoms with van der Waals surface area (Å²) in [5, 5.41) is 15.3. The molecular weight excluding hydrogens is 341 g/mol. The molecule has 2 aromatic rings. The zero-order valence-corrected chi connectivity index (χ0v) is 13.8. The standard InChI is InChI=1S/C15H17F3N4O3/c1-7(2)22-12-10(6-19-22)9(4-8(3)20-12)13(23)21-11(14(24)25)5-15(16,17)18/h4,6-7,11H,5H2,1-3H3,(H,21,23)(H,24,25). The van der Waals surface area contributed by atoms with E-state index in [1.165, 1.54) is 12.3 Å².